The molecule has 0 atom stereocenters. The highest BCUT2D eigenvalue weighted by atomic mass is 35.5. The number of rotatable bonds is 5. The van der Waals surface area contributed by atoms with Crippen LogP contribution in [0.4, 0.5) is 10.5 Å². The Morgan fingerprint density at radius 3 is 2.30 bits per heavy atom. The second-order valence-electron chi connectivity index (χ2n) is 4.33. The van der Waals surface area contributed by atoms with Gasteiger partial charge in [-0.2, -0.15) is 0 Å². The molecular formula is C13H16Cl2N2O3. The summed E-state index contributed by atoms with van der Waals surface area (Å²) in [7, 11) is 1.67. The number of carboxylic acid groups (broad SMARTS) is 1. The monoisotopic (exact) mass is 318 g/mol. The van der Waals surface area contributed by atoms with E-state index in [1.165, 1.54) is 17.0 Å². The Hall–Kier alpha value is -1.46. The SMILES string of the molecule is CCCCN(C)C(=O)Nc1c(Cl)cc(C(=O)O)cc1Cl. The summed E-state index contributed by atoms with van der Waals surface area (Å²) >= 11 is 11.9. The number of nitrogens with zero attached hydrogens (tertiary/aromatic N) is 1. The molecule has 0 spiro atoms. The van der Waals surface area contributed by atoms with Gasteiger partial charge in [-0.05, 0) is 18.6 Å². The average molecular weight is 319 g/mol. The smallest absolute Gasteiger partial charge is 0.335 e. The fourth-order valence-electron chi connectivity index (χ4n) is 1.52. The molecule has 0 unspecified atom stereocenters. The van der Waals surface area contributed by atoms with E-state index in [1.54, 1.807) is 7.05 Å². The molecule has 0 aromatic heterocycles. The number of anilines is 1. The van der Waals surface area contributed by atoms with Crippen LogP contribution in [0.15, 0.2) is 12.1 Å². The molecule has 7 heteroatoms. The summed E-state index contributed by atoms with van der Waals surface area (Å²) in [6, 6.07) is 2.15. The Labute approximate surface area is 127 Å². The van der Waals surface area contributed by atoms with Crippen molar-refractivity contribution in [2.24, 2.45) is 0 Å². The Bertz CT molecular complexity index is 497. The van der Waals surface area contributed by atoms with Crippen molar-refractivity contribution in [1.82, 2.24) is 4.90 Å². The highest BCUT2D eigenvalue weighted by molar-refractivity contribution is 6.40. The van der Waals surface area contributed by atoms with E-state index in [0.717, 1.165) is 12.8 Å². The quantitative estimate of drug-likeness (QED) is 0.863. The molecule has 1 aromatic carbocycles. The molecule has 0 aliphatic carbocycles. The van der Waals surface area contributed by atoms with E-state index in [0.29, 0.717) is 6.54 Å². The van der Waals surface area contributed by atoms with Crippen molar-refractivity contribution in [3.63, 3.8) is 0 Å². The van der Waals surface area contributed by atoms with Gasteiger partial charge in [-0.1, -0.05) is 36.5 Å². The van der Waals surface area contributed by atoms with Crippen molar-refractivity contribution >= 4 is 40.9 Å². The van der Waals surface area contributed by atoms with E-state index >= 15 is 0 Å². The van der Waals surface area contributed by atoms with Crippen LogP contribution in [-0.2, 0) is 0 Å². The van der Waals surface area contributed by atoms with Gasteiger partial charge < -0.3 is 15.3 Å². The largest absolute Gasteiger partial charge is 0.478 e. The molecule has 2 N–H and O–H groups in total. The minimum absolute atomic E-state index is 0.0302. The van der Waals surface area contributed by atoms with E-state index in [-0.39, 0.29) is 27.3 Å². The third-order valence-corrected chi connectivity index (χ3v) is 3.31. The Morgan fingerprint density at radius 2 is 1.85 bits per heavy atom. The second kappa shape index (κ2) is 7.36. The lowest BCUT2D eigenvalue weighted by atomic mass is 10.2. The van der Waals surface area contributed by atoms with Crippen LogP contribution in [-0.4, -0.2) is 35.6 Å². The number of hydrogen-bond acceptors (Lipinski definition) is 2. The average Bonchev–Trinajstić information content (AvgIpc) is 2.39. The van der Waals surface area contributed by atoms with Gasteiger partial charge in [0.25, 0.3) is 0 Å². The van der Waals surface area contributed by atoms with Crippen LogP contribution in [0.5, 0.6) is 0 Å². The van der Waals surface area contributed by atoms with Crippen LogP contribution in [0.3, 0.4) is 0 Å². The van der Waals surface area contributed by atoms with Crippen LogP contribution >= 0.6 is 23.2 Å². The number of carboxylic acids is 1. The molecule has 0 saturated heterocycles. The maximum Gasteiger partial charge on any atom is 0.335 e. The van der Waals surface area contributed by atoms with Crippen molar-refractivity contribution in [2.75, 3.05) is 18.9 Å². The van der Waals surface area contributed by atoms with Gasteiger partial charge in [0.2, 0.25) is 0 Å². The molecule has 1 rings (SSSR count). The predicted molar refractivity (Wildman–Crippen MR) is 80.0 cm³/mol. The normalized spacial score (nSPS) is 10.2. The molecule has 5 nitrogen and oxygen atoms in total. The van der Waals surface area contributed by atoms with Crippen molar-refractivity contribution < 1.29 is 14.7 Å². The molecule has 20 heavy (non-hydrogen) atoms. The fraction of sp³-hybridized carbons (Fsp3) is 0.385. The molecule has 1 aromatic rings. The number of halogens is 2. The molecule has 2 amide bonds. The van der Waals surface area contributed by atoms with E-state index in [4.69, 9.17) is 28.3 Å². The van der Waals surface area contributed by atoms with Crippen molar-refractivity contribution in [1.29, 1.82) is 0 Å². The Morgan fingerprint density at radius 1 is 1.30 bits per heavy atom. The number of aromatic carboxylic acids is 1. The molecule has 0 radical (unpaired) electrons. The molecule has 110 valence electrons. The van der Waals surface area contributed by atoms with Gasteiger partial charge >= 0.3 is 12.0 Å². The Kier molecular flexibility index (Phi) is 6.10. The highest BCUT2D eigenvalue weighted by Crippen LogP contribution is 2.32. The third kappa shape index (κ3) is 4.28. The maximum atomic E-state index is 11.9. The molecular weight excluding hydrogens is 303 g/mol. The lowest BCUT2D eigenvalue weighted by Crippen LogP contribution is -2.32. The number of unbranched alkanes of at least 4 members (excludes halogenated alkanes) is 1. The van der Waals surface area contributed by atoms with Gasteiger partial charge in [-0.25, -0.2) is 9.59 Å². The summed E-state index contributed by atoms with van der Waals surface area (Å²) in [5.41, 5.74) is 0.184. The van der Waals surface area contributed by atoms with Gasteiger partial charge in [-0.3, -0.25) is 0 Å². The summed E-state index contributed by atoms with van der Waals surface area (Å²) in [5.74, 6) is -1.13. The third-order valence-electron chi connectivity index (χ3n) is 2.71. The maximum absolute atomic E-state index is 11.9. The van der Waals surface area contributed by atoms with Crippen molar-refractivity contribution in [3.8, 4) is 0 Å². The number of nitrogens with one attached hydrogen (secondary N) is 1. The van der Waals surface area contributed by atoms with Gasteiger partial charge in [0.1, 0.15) is 0 Å². The highest BCUT2D eigenvalue weighted by Gasteiger charge is 2.16. The van der Waals surface area contributed by atoms with Crippen LogP contribution in [0.1, 0.15) is 30.1 Å². The number of carbonyl (C=O) groups is 2. The molecule has 0 aliphatic heterocycles. The van der Waals surface area contributed by atoms with Gasteiger partial charge in [-0.15, -0.1) is 0 Å². The van der Waals surface area contributed by atoms with E-state index in [9.17, 15) is 9.59 Å². The molecule has 0 heterocycles. The molecule has 0 bridgehead atoms. The fourth-order valence-corrected chi connectivity index (χ4v) is 2.10. The van der Waals surface area contributed by atoms with Crippen LogP contribution in [0, 0.1) is 0 Å². The van der Waals surface area contributed by atoms with Gasteiger partial charge in [0.05, 0.1) is 21.3 Å². The number of benzene rings is 1. The molecule has 0 fully saturated rings. The zero-order valence-corrected chi connectivity index (χ0v) is 12.8. The summed E-state index contributed by atoms with van der Waals surface area (Å²) in [4.78, 5) is 24.3. The van der Waals surface area contributed by atoms with E-state index < -0.39 is 5.97 Å². The number of hydrogen-bond donors (Lipinski definition) is 2. The first-order valence-corrected chi connectivity index (χ1v) is 6.86. The van der Waals surface area contributed by atoms with E-state index in [2.05, 4.69) is 5.32 Å². The standard InChI is InChI=1S/C13H16Cl2N2O3/c1-3-4-5-17(2)13(20)16-11-9(14)6-8(12(18)19)7-10(11)15/h6-7H,3-5H2,1-2H3,(H,16,20)(H,18,19). The summed E-state index contributed by atoms with van der Waals surface area (Å²) in [6.07, 6.45) is 1.87. The number of carbonyl (C=O) groups excluding carboxylic acids is 1. The zero-order valence-electron chi connectivity index (χ0n) is 11.2. The molecule has 0 saturated carbocycles. The van der Waals surface area contributed by atoms with Crippen molar-refractivity contribution in [2.45, 2.75) is 19.8 Å². The lowest BCUT2D eigenvalue weighted by molar-refractivity contribution is 0.0697. The van der Waals surface area contributed by atoms with E-state index in [1.807, 2.05) is 6.92 Å². The predicted octanol–water partition coefficient (Wildman–Crippen LogP) is 3.96. The minimum atomic E-state index is -1.13. The molecule has 0 aliphatic rings. The first-order chi connectivity index (χ1) is 9.36. The van der Waals surface area contributed by atoms with Gasteiger partial charge in [0, 0.05) is 13.6 Å². The van der Waals surface area contributed by atoms with Crippen LogP contribution in [0.2, 0.25) is 10.0 Å². The first-order valence-electron chi connectivity index (χ1n) is 6.11. The minimum Gasteiger partial charge on any atom is -0.478 e. The van der Waals surface area contributed by atoms with Gasteiger partial charge in [0.15, 0.2) is 0 Å². The summed E-state index contributed by atoms with van der Waals surface area (Å²) in [5, 5.41) is 11.6. The topological polar surface area (TPSA) is 69.6 Å². The van der Waals surface area contributed by atoms with Crippen LogP contribution < -0.4 is 5.32 Å². The van der Waals surface area contributed by atoms with Crippen molar-refractivity contribution in [3.05, 3.63) is 27.7 Å². The first kappa shape index (κ1) is 16.6. The number of urea groups is 1. The Balaban J connectivity index is 2.87. The van der Waals surface area contributed by atoms with Crippen LogP contribution in [0.25, 0.3) is 0 Å². The zero-order chi connectivity index (χ0) is 15.3. The summed E-state index contributed by atoms with van der Waals surface area (Å²) in [6.45, 7) is 2.65. The number of amides is 2. The second-order valence-corrected chi connectivity index (χ2v) is 5.14. The summed E-state index contributed by atoms with van der Waals surface area (Å²) < 4.78 is 0. The lowest BCUT2D eigenvalue weighted by Gasteiger charge is -2.18.